The highest BCUT2D eigenvalue weighted by atomic mass is 19.1. The lowest BCUT2D eigenvalue weighted by Crippen LogP contribution is -2.57. The predicted molar refractivity (Wildman–Crippen MR) is 149 cm³/mol. The zero-order chi connectivity index (χ0) is 28.1. The molecule has 0 saturated carbocycles. The molecule has 2 saturated heterocycles. The number of carbonyl (C=O) groups excluding carboxylic acids is 3. The van der Waals surface area contributed by atoms with Gasteiger partial charge >= 0.3 is 0 Å². The summed E-state index contributed by atoms with van der Waals surface area (Å²) in [5.41, 5.74) is 1.02. The van der Waals surface area contributed by atoms with Crippen molar-refractivity contribution in [2.45, 2.75) is 24.8 Å². The molecule has 9 heteroatoms. The highest BCUT2D eigenvalue weighted by Gasteiger charge is 2.54. The van der Waals surface area contributed by atoms with Gasteiger partial charge in [-0.05, 0) is 55.2 Å². The van der Waals surface area contributed by atoms with Gasteiger partial charge in [0.2, 0.25) is 5.91 Å². The zero-order valence-electron chi connectivity index (χ0n) is 22.5. The van der Waals surface area contributed by atoms with Crippen molar-refractivity contribution in [1.29, 1.82) is 0 Å². The largest absolute Gasteiger partial charge is 0.496 e. The van der Waals surface area contributed by atoms with Crippen LogP contribution in [0.15, 0.2) is 78.9 Å². The summed E-state index contributed by atoms with van der Waals surface area (Å²) in [7, 11) is 1.62. The van der Waals surface area contributed by atoms with Crippen LogP contribution in [0.5, 0.6) is 5.75 Å². The SMILES string of the molecule is COc1ccccc1CCNC(=O)CN1CN(c2ccccc2)C2(CCN(C(=O)c3ccccc3F)CC2)C1=O. The van der Waals surface area contributed by atoms with Crippen LogP contribution in [0.1, 0.15) is 28.8 Å². The van der Waals surface area contributed by atoms with Gasteiger partial charge in [0.05, 0.1) is 19.3 Å². The summed E-state index contributed by atoms with van der Waals surface area (Å²) in [6, 6.07) is 23.2. The quantitative estimate of drug-likeness (QED) is 0.470. The van der Waals surface area contributed by atoms with Crippen LogP contribution in [0.3, 0.4) is 0 Å². The number of piperidine rings is 1. The Morgan fingerprint density at radius 2 is 1.62 bits per heavy atom. The molecule has 1 N–H and O–H groups in total. The monoisotopic (exact) mass is 544 g/mol. The first-order valence-electron chi connectivity index (χ1n) is 13.5. The van der Waals surface area contributed by atoms with Gasteiger partial charge in [-0.25, -0.2) is 4.39 Å². The number of methoxy groups -OCH3 is 1. The highest BCUT2D eigenvalue weighted by molar-refractivity contribution is 5.97. The summed E-state index contributed by atoms with van der Waals surface area (Å²) in [5, 5.41) is 2.93. The van der Waals surface area contributed by atoms with Crippen LogP contribution in [-0.4, -0.2) is 73.0 Å². The van der Waals surface area contributed by atoms with E-state index in [4.69, 9.17) is 4.74 Å². The number of para-hydroxylation sites is 2. The minimum atomic E-state index is -0.884. The molecule has 208 valence electrons. The van der Waals surface area contributed by atoms with Gasteiger partial charge in [0.1, 0.15) is 23.7 Å². The molecule has 40 heavy (non-hydrogen) atoms. The number of nitrogens with one attached hydrogen (secondary N) is 1. The number of hydrogen-bond donors (Lipinski definition) is 1. The third-order valence-electron chi connectivity index (χ3n) is 7.81. The molecule has 0 aliphatic carbocycles. The summed E-state index contributed by atoms with van der Waals surface area (Å²) >= 11 is 0. The number of halogens is 1. The van der Waals surface area contributed by atoms with Gasteiger partial charge in [-0.1, -0.05) is 48.5 Å². The Kier molecular flexibility index (Phi) is 8.00. The van der Waals surface area contributed by atoms with Gasteiger partial charge in [-0.3, -0.25) is 14.4 Å². The van der Waals surface area contributed by atoms with Crippen molar-refractivity contribution in [2.24, 2.45) is 0 Å². The first kappa shape index (κ1) is 27.2. The first-order chi connectivity index (χ1) is 19.4. The lowest BCUT2D eigenvalue weighted by atomic mass is 9.85. The molecular weight excluding hydrogens is 511 g/mol. The second-order valence-corrected chi connectivity index (χ2v) is 10.1. The molecule has 0 bridgehead atoms. The van der Waals surface area contributed by atoms with Crippen LogP contribution in [-0.2, 0) is 16.0 Å². The van der Waals surface area contributed by atoms with Crippen molar-refractivity contribution < 1.29 is 23.5 Å². The topological polar surface area (TPSA) is 82.2 Å². The van der Waals surface area contributed by atoms with Gasteiger partial charge in [0, 0.05) is 25.3 Å². The summed E-state index contributed by atoms with van der Waals surface area (Å²) in [4.78, 5) is 45.1. The molecule has 3 amide bonds. The van der Waals surface area contributed by atoms with Crippen LogP contribution in [0.2, 0.25) is 0 Å². The number of nitrogens with zero attached hydrogens (tertiary/aromatic N) is 3. The second kappa shape index (κ2) is 11.8. The summed E-state index contributed by atoms with van der Waals surface area (Å²) in [5.74, 6) is -0.532. The minimum Gasteiger partial charge on any atom is -0.496 e. The Balaban J connectivity index is 1.27. The summed E-state index contributed by atoms with van der Waals surface area (Å²) < 4.78 is 19.7. The Bertz CT molecular complexity index is 1370. The number of anilines is 1. The lowest BCUT2D eigenvalue weighted by molar-refractivity contribution is -0.137. The van der Waals surface area contributed by atoms with Gasteiger partial charge in [0.25, 0.3) is 11.8 Å². The normalized spacial score (nSPS) is 16.4. The molecule has 0 radical (unpaired) electrons. The van der Waals surface area contributed by atoms with E-state index in [1.807, 2.05) is 59.5 Å². The standard InChI is InChI=1S/C31H33FN4O4/c1-40-27-14-8-5-9-23(27)15-18-33-28(37)21-35-22-36(24-10-3-2-4-11-24)31(30(35)39)16-19-34(20-17-31)29(38)25-12-6-7-13-26(25)32/h2-14H,15-22H2,1H3,(H,33,37). The van der Waals surface area contributed by atoms with E-state index in [-0.39, 0.29) is 36.5 Å². The fraction of sp³-hybridized carbons (Fsp3) is 0.323. The van der Waals surface area contributed by atoms with E-state index in [1.165, 1.54) is 12.1 Å². The van der Waals surface area contributed by atoms with Gasteiger partial charge in [-0.2, -0.15) is 0 Å². The first-order valence-corrected chi connectivity index (χ1v) is 13.5. The maximum Gasteiger partial charge on any atom is 0.256 e. The van der Waals surface area contributed by atoms with Crippen molar-refractivity contribution in [3.8, 4) is 5.75 Å². The molecule has 3 aromatic carbocycles. The number of benzene rings is 3. The summed E-state index contributed by atoms with van der Waals surface area (Å²) in [6.45, 7) is 1.24. The average Bonchev–Trinajstić information content (AvgIpc) is 3.24. The lowest BCUT2D eigenvalue weighted by Gasteiger charge is -2.43. The van der Waals surface area contributed by atoms with E-state index >= 15 is 0 Å². The fourth-order valence-electron chi connectivity index (χ4n) is 5.68. The molecular formula is C31H33FN4O4. The van der Waals surface area contributed by atoms with E-state index in [0.29, 0.717) is 38.9 Å². The van der Waals surface area contributed by atoms with E-state index in [2.05, 4.69) is 5.32 Å². The average molecular weight is 545 g/mol. The van der Waals surface area contributed by atoms with Crippen LogP contribution in [0.25, 0.3) is 0 Å². The molecule has 1 spiro atoms. The van der Waals surface area contributed by atoms with Crippen molar-refractivity contribution in [3.05, 3.63) is 95.8 Å². The third kappa shape index (κ3) is 5.36. The van der Waals surface area contributed by atoms with Gasteiger partial charge in [-0.15, -0.1) is 0 Å². The molecule has 0 atom stereocenters. The van der Waals surface area contributed by atoms with Gasteiger partial charge < -0.3 is 24.8 Å². The highest BCUT2D eigenvalue weighted by Crippen LogP contribution is 2.39. The Morgan fingerprint density at radius 1 is 0.950 bits per heavy atom. The molecule has 0 aromatic heterocycles. The van der Waals surface area contributed by atoms with Crippen molar-refractivity contribution in [1.82, 2.24) is 15.1 Å². The summed E-state index contributed by atoms with van der Waals surface area (Å²) in [6.07, 6.45) is 1.37. The number of carbonyl (C=O) groups is 3. The zero-order valence-corrected chi connectivity index (χ0v) is 22.5. The number of hydrogen-bond acceptors (Lipinski definition) is 5. The maximum atomic E-state index is 14.3. The van der Waals surface area contributed by atoms with Crippen LogP contribution >= 0.6 is 0 Å². The molecule has 2 aliphatic rings. The van der Waals surface area contributed by atoms with Crippen molar-refractivity contribution in [3.63, 3.8) is 0 Å². The molecule has 3 aromatic rings. The molecule has 2 fully saturated rings. The van der Waals surface area contributed by atoms with Gasteiger partial charge in [0.15, 0.2) is 0 Å². The minimum absolute atomic E-state index is 0.0301. The Morgan fingerprint density at radius 3 is 2.35 bits per heavy atom. The molecule has 5 rings (SSSR count). The molecule has 2 aliphatic heterocycles. The third-order valence-corrected chi connectivity index (χ3v) is 7.81. The van der Waals surface area contributed by atoms with E-state index in [1.54, 1.807) is 29.0 Å². The number of ether oxygens (including phenoxy) is 1. The molecule has 0 unspecified atom stereocenters. The smallest absolute Gasteiger partial charge is 0.256 e. The van der Waals surface area contributed by atoms with E-state index in [9.17, 15) is 18.8 Å². The predicted octanol–water partition coefficient (Wildman–Crippen LogP) is 3.47. The van der Waals surface area contributed by atoms with E-state index < -0.39 is 11.4 Å². The van der Waals surface area contributed by atoms with Crippen LogP contribution in [0.4, 0.5) is 10.1 Å². The van der Waals surface area contributed by atoms with Crippen molar-refractivity contribution >= 4 is 23.4 Å². The van der Waals surface area contributed by atoms with Crippen LogP contribution in [0, 0.1) is 5.82 Å². The molecule has 2 heterocycles. The Hall–Kier alpha value is -4.40. The Labute approximate surface area is 233 Å². The number of amides is 3. The number of likely N-dealkylation sites (tertiary alicyclic amines) is 1. The molecule has 8 nitrogen and oxygen atoms in total. The fourth-order valence-corrected chi connectivity index (χ4v) is 5.68. The second-order valence-electron chi connectivity index (χ2n) is 10.1. The van der Waals surface area contributed by atoms with Crippen LogP contribution < -0.4 is 15.0 Å². The maximum absolute atomic E-state index is 14.3. The number of rotatable bonds is 8. The van der Waals surface area contributed by atoms with E-state index in [0.717, 1.165) is 17.0 Å². The van der Waals surface area contributed by atoms with Crippen molar-refractivity contribution in [2.75, 3.05) is 44.9 Å².